The smallest absolute Gasteiger partial charge is 0.129 e. The summed E-state index contributed by atoms with van der Waals surface area (Å²) in [7, 11) is 0. The van der Waals surface area contributed by atoms with E-state index in [0.717, 1.165) is 0 Å². The Hall–Kier alpha value is -0.550. The van der Waals surface area contributed by atoms with Crippen LogP contribution in [-0.2, 0) is 6.61 Å². The van der Waals surface area contributed by atoms with E-state index in [-0.39, 0.29) is 25.1 Å². The molecule has 1 heterocycles. The van der Waals surface area contributed by atoms with Gasteiger partial charge < -0.3 is 21.0 Å². The predicted molar refractivity (Wildman–Crippen MR) is 47.9 cm³/mol. The van der Waals surface area contributed by atoms with Crippen LogP contribution >= 0.6 is 12.4 Å². The van der Waals surface area contributed by atoms with Crippen molar-refractivity contribution in [3.05, 3.63) is 23.7 Å². The van der Waals surface area contributed by atoms with Crippen molar-refractivity contribution in [3.63, 3.8) is 0 Å². The average Bonchev–Trinajstić information content (AvgIpc) is 2.50. The minimum atomic E-state index is -0.268. The molecule has 1 aromatic heterocycles. The van der Waals surface area contributed by atoms with Gasteiger partial charge >= 0.3 is 0 Å². The normalized spacial score (nSPS) is 12.2. The van der Waals surface area contributed by atoms with E-state index in [4.69, 9.17) is 21.0 Å². The molecule has 1 aromatic rings. The third-order valence-electron chi connectivity index (χ3n) is 1.46. The van der Waals surface area contributed by atoms with Gasteiger partial charge in [-0.1, -0.05) is 0 Å². The van der Waals surface area contributed by atoms with Crippen molar-refractivity contribution >= 4 is 12.4 Å². The van der Waals surface area contributed by atoms with Crippen LogP contribution in [-0.4, -0.2) is 11.7 Å². The van der Waals surface area contributed by atoms with Crippen molar-refractivity contribution in [1.82, 2.24) is 0 Å². The molecule has 0 amide bonds. The van der Waals surface area contributed by atoms with Crippen molar-refractivity contribution in [2.45, 2.75) is 12.6 Å². The number of hydrogen-bond donors (Lipinski definition) is 3. The summed E-state index contributed by atoms with van der Waals surface area (Å²) in [4.78, 5) is 0. The molecule has 0 saturated carbocycles. The highest BCUT2D eigenvalue weighted by Gasteiger charge is 2.07. The minimum Gasteiger partial charge on any atom is -0.462 e. The second kappa shape index (κ2) is 5.16. The molecular formula is C7H13ClN2O2. The molecule has 12 heavy (non-hydrogen) atoms. The zero-order valence-corrected chi connectivity index (χ0v) is 7.38. The van der Waals surface area contributed by atoms with Gasteiger partial charge in [0.2, 0.25) is 0 Å². The van der Waals surface area contributed by atoms with E-state index in [1.54, 1.807) is 12.1 Å². The van der Waals surface area contributed by atoms with Gasteiger partial charge in [0, 0.05) is 6.54 Å². The second-order valence-corrected chi connectivity index (χ2v) is 2.30. The molecule has 0 spiro atoms. The van der Waals surface area contributed by atoms with Crippen molar-refractivity contribution in [2.24, 2.45) is 11.5 Å². The number of aliphatic hydroxyl groups excluding tert-OH is 1. The van der Waals surface area contributed by atoms with Gasteiger partial charge in [-0.3, -0.25) is 0 Å². The summed E-state index contributed by atoms with van der Waals surface area (Å²) in [6.07, 6.45) is 0. The molecule has 1 atom stereocenters. The van der Waals surface area contributed by atoms with Gasteiger partial charge in [-0.05, 0) is 12.1 Å². The van der Waals surface area contributed by atoms with Crippen LogP contribution in [0.1, 0.15) is 17.6 Å². The molecule has 0 unspecified atom stereocenters. The van der Waals surface area contributed by atoms with Gasteiger partial charge in [0.25, 0.3) is 0 Å². The van der Waals surface area contributed by atoms with Crippen molar-refractivity contribution < 1.29 is 9.52 Å². The summed E-state index contributed by atoms with van der Waals surface area (Å²) in [6.45, 7) is 0.246. The maximum Gasteiger partial charge on any atom is 0.129 e. The molecule has 0 aromatic carbocycles. The van der Waals surface area contributed by atoms with Crippen LogP contribution in [0.5, 0.6) is 0 Å². The number of hydrogen-bond acceptors (Lipinski definition) is 4. The monoisotopic (exact) mass is 192 g/mol. The summed E-state index contributed by atoms with van der Waals surface area (Å²) >= 11 is 0. The van der Waals surface area contributed by atoms with Crippen LogP contribution in [0.3, 0.4) is 0 Å². The number of nitrogens with two attached hydrogens (primary N) is 2. The Morgan fingerprint density at radius 3 is 2.58 bits per heavy atom. The molecule has 70 valence electrons. The van der Waals surface area contributed by atoms with E-state index in [0.29, 0.717) is 18.1 Å². The molecule has 0 aliphatic heterocycles. The zero-order chi connectivity index (χ0) is 8.27. The van der Waals surface area contributed by atoms with Crippen molar-refractivity contribution in [1.29, 1.82) is 0 Å². The van der Waals surface area contributed by atoms with Crippen LogP contribution in [0.4, 0.5) is 0 Å². The van der Waals surface area contributed by atoms with E-state index in [1.165, 1.54) is 0 Å². The fourth-order valence-corrected chi connectivity index (χ4v) is 0.795. The first-order valence-electron chi connectivity index (χ1n) is 3.43. The molecule has 0 radical (unpaired) electrons. The Kier molecular flexibility index (Phi) is 4.92. The zero-order valence-electron chi connectivity index (χ0n) is 6.56. The third kappa shape index (κ3) is 2.49. The first kappa shape index (κ1) is 11.4. The van der Waals surface area contributed by atoms with Gasteiger partial charge in [0.15, 0.2) is 0 Å². The van der Waals surface area contributed by atoms with E-state index in [2.05, 4.69) is 0 Å². The first-order valence-corrected chi connectivity index (χ1v) is 3.43. The van der Waals surface area contributed by atoms with Crippen LogP contribution in [0.2, 0.25) is 0 Å². The largest absolute Gasteiger partial charge is 0.462 e. The maximum absolute atomic E-state index is 8.64. The fourth-order valence-electron chi connectivity index (χ4n) is 0.795. The van der Waals surface area contributed by atoms with Crippen molar-refractivity contribution in [2.75, 3.05) is 6.54 Å². The molecule has 0 aliphatic rings. The standard InChI is InChI=1S/C7H12N2O2.ClH/c8-3-6(9)7-2-1-5(4-10)11-7;/h1-2,6,10H,3-4,8-9H2;1H/t6-;/m0./s1. The van der Waals surface area contributed by atoms with Crippen LogP contribution in [0.25, 0.3) is 0 Å². The van der Waals surface area contributed by atoms with Gasteiger partial charge in [-0.15, -0.1) is 12.4 Å². The Bertz CT molecular complexity index is 227. The van der Waals surface area contributed by atoms with Gasteiger partial charge in [0.1, 0.15) is 18.1 Å². The highest BCUT2D eigenvalue weighted by atomic mass is 35.5. The summed E-state index contributed by atoms with van der Waals surface area (Å²) < 4.78 is 5.13. The molecule has 4 nitrogen and oxygen atoms in total. The highest BCUT2D eigenvalue weighted by Crippen LogP contribution is 2.13. The van der Waals surface area contributed by atoms with Crippen LogP contribution < -0.4 is 11.5 Å². The van der Waals surface area contributed by atoms with Gasteiger partial charge in [-0.25, -0.2) is 0 Å². The molecule has 5 N–H and O–H groups in total. The van der Waals surface area contributed by atoms with Gasteiger partial charge in [0.05, 0.1) is 6.04 Å². The Morgan fingerprint density at radius 2 is 2.17 bits per heavy atom. The summed E-state index contributed by atoms with van der Waals surface area (Å²) in [5.41, 5.74) is 10.9. The highest BCUT2D eigenvalue weighted by molar-refractivity contribution is 5.85. The lowest BCUT2D eigenvalue weighted by molar-refractivity contribution is 0.241. The Morgan fingerprint density at radius 1 is 1.50 bits per heavy atom. The molecule has 5 heteroatoms. The number of aliphatic hydroxyl groups is 1. The molecule has 0 fully saturated rings. The SMILES string of the molecule is Cl.NC[C@H](N)c1ccc(CO)o1. The van der Waals surface area contributed by atoms with E-state index in [9.17, 15) is 0 Å². The van der Waals surface area contributed by atoms with Crippen LogP contribution in [0, 0.1) is 0 Å². The average molecular weight is 193 g/mol. The molecule has 1 rings (SSSR count). The second-order valence-electron chi connectivity index (χ2n) is 2.30. The summed E-state index contributed by atoms with van der Waals surface area (Å²) in [5.74, 6) is 1.14. The van der Waals surface area contributed by atoms with Crippen LogP contribution in [0.15, 0.2) is 16.5 Å². The number of rotatable bonds is 3. The number of halogens is 1. The minimum absolute atomic E-state index is 0. The van der Waals surface area contributed by atoms with Gasteiger partial charge in [-0.2, -0.15) is 0 Å². The lowest BCUT2D eigenvalue weighted by Gasteiger charge is -2.02. The molecular weight excluding hydrogens is 180 g/mol. The fraction of sp³-hybridized carbons (Fsp3) is 0.429. The summed E-state index contributed by atoms with van der Waals surface area (Å²) in [6, 6.07) is 3.14. The predicted octanol–water partition coefficient (Wildman–Crippen LogP) is 0.152. The van der Waals surface area contributed by atoms with E-state index >= 15 is 0 Å². The lowest BCUT2D eigenvalue weighted by Crippen LogP contribution is -2.19. The quantitative estimate of drug-likeness (QED) is 0.637. The summed E-state index contributed by atoms with van der Waals surface area (Å²) in [5, 5.41) is 8.64. The molecule has 0 bridgehead atoms. The maximum atomic E-state index is 8.64. The Labute approximate surface area is 76.9 Å². The lowest BCUT2D eigenvalue weighted by atomic mass is 10.2. The topological polar surface area (TPSA) is 85.4 Å². The first-order chi connectivity index (χ1) is 5.27. The third-order valence-corrected chi connectivity index (χ3v) is 1.46. The van der Waals surface area contributed by atoms with E-state index in [1.807, 2.05) is 0 Å². The van der Waals surface area contributed by atoms with E-state index < -0.39 is 0 Å². The van der Waals surface area contributed by atoms with Crippen molar-refractivity contribution in [3.8, 4) is 0 Å². The number of furan rings is 1. The molecule has 0 aliphatic carbocycles. The molecule has 0 saturated heterocycles. The Balaban J connectivity index is 0.00000121.